The summed E-state index contributed by atoms with van der Waals surface area (Å²) in [7, 11) is 0.378. The van der Waals surface area contributed by atoms with Gasteiger partial charge in [0, 0.05) is 29.4 Å². The van der Waals surface area contributed by atoms with E-state index >= 15 is 0 Å². The van der Waals surface area contributed by atoms with Gasteiger partial charge < -0.3 is 4.90 Å². The standard InChI is InChI=1S/C26H25F2N7O2S/c1-33(2)8-9-34-15-25(30-32-34)17-4-7-26-24(12-17)29-16-35(26)21-11-18(10-20(14-21)31-38(3,36)37)22-6-5-19(27)13-23(22)28/h4-7,10-16,31H,8-9H2,1-3H3. The van der Waals surface area contributed by atoms with Crippen molar-refractivity contribution in [1.29, 1.82) is 0 Å². The predicted octanol–water partition coefficient (Wildman–Crippen LogP) is 4.16. The fourth-order valence-electron chi connectivity index (χ4n) is 4.12. The molecule has 2 aromatic heterocycles. The minimum atomic E-state index is -3.61. The summed E-state index contributed by atoms with van der Waals surface area (Å²) in [6.07, 6.45) is 4.51. The Morgan fingerprint density at radius 1 is 1.00 bits per heavy atom. The quantitative estimate of drug-likeness (QED) is 0.319. The number of anilines is 1. The monoisotopic (exact) mass is 537 g/mol. The number of halogens is 2. The molecule has 196 valence electrons. The van der Waals surface area contributed by atoms with Crippen molar-refractivity contribution in [2.24, 2.45) is 0 Å². The molecule has 0 aliphatic rings. The molecule has 9 nitrogen and oxygen atoms in total. The molecule has 3 aromatic carbocycles. The van der Waals surface area contributed by atoms with Crippen molar-refractivity contribution in [1.82, 2.24) is 29.4 Å². The maximum Gasteiger partial charge on any atom is 0.229 e. The molecule has 0 spiro atoms. The maximum atomic E-state index is 14.6. The maximum absolute atomic E-state index is 14.6. The molecule has 5 rings (SSSR count). The van der Waals surface area contributed by atoms with Gasteiger partial charge in [-0.3, -0.25) is 14.0 Å². The minimum absolute atomic E-state index is 0.133. The van der Waals surface area contributed by atoms with Gasteiger partial charge in [-0.15, -0.1) is 5.10 Å². The van der Waals surface area contributed by atoms with Gasteiger partial charge in [-0.2, -0.15) is 0 Å². The van der Waals surface area contributed by atoms with Crippen LogP contribution in [0.1, 0.15) is 0 Å². The van der Waals surface area contributed by atoms with Crippen LogP contribution in [-0.4, -0.2) is 64.8 Å². The molecule has 0 saturated carbocycles. The minimum Gasteiger partial charge on any atom is -0.308 e. The van der Waals surface area contributed by atoms with E-state index in [9.17, 15) is 17.2 Å². The first kappa shape index (κ1) is 25.5. The third-order valence-corrected chi connectivity index (χ3v) is 6.51. The first-order valence-electron chi connectivity index (χ1n) is 11.7. The number of imidazole rings is 1. The second-order valence-electron chi connectivity index (χ2n) is 9.26. The summed E-state index contributed by atoms with van der Waals surface area (Å²) >= 11 is 0. The number of nitrogens with zero attached hydrogens (tertiary/aromatic N) is 6. The molecule has 0 atom stereocenters. The summed E-state index contributed by atoms with van der Waals surface area (Å²) in [6.45, 7) is 1.55. The van der Waals surface area contributed by atoms with Crippen LogP contribution in [0.2, 0.25) is 0 Å². The van der Waals surface area contributed by atoms with E-state index in [1.54, 1.807) is 27.7 Å². The summed E-state index contributed by atoms with van der Waals surface area (Å²) in [5, 5.41) is 8.47. The fraction of sp³-hybridized carbons (Fsp3) is 0.192. The Balaban J connectivity index is 1.55. The van der Waals surface area contributed by atoms with E-state index in [0.717, 1.165) is 36.0 Å². The van der Waals surface area contributed by atoms with Gasteiger partial charge in [0.25, 0.3) is 0 Å². The van der Waals surface area contributed by atoms with E-state index in [1.165, 1.54) is 12.1 Å². The van der Waals surface area contributed by atoms with Crippen molar-refractivity contribution < 1.29 is 17.2 Å². The molecule has 1 N–H and O–H groups in total. The Morgan fingerprint density at radius 2 is 1.82 bits per heavy atom. The molecule has 0 unspecified atom stereocenters. The Labute approximate surface area is 218 Å². The normalized spacial score (nSPS) is 11.9. The highest BCUT2D eigenvalue weighted by Crippen LogP contribution is 2.31. The van der Waals surface area contributed by atoms with E-state index in [0.29, 0.717) is 29.0 Å². The summed E-state index contributed by atoms with van der Waals surface area (Å²) in [5.41, 5.74) is 4.28. The van der Waals surface area contributed by atoms with Gasteiger partial charge in [0.1, 0.15) is 23.7 Å². The van der Waals surface area contributed by atoms with E-state index in [-0.39, 0.29) is 11.3 Å². The first-order valence-corrected chi connectivity index (χ1v) is 13.6. The van der Waals surface area contributed by atoms with Crippen molar-refractivity contribution in [2.45, 2.75) is 6.54 Å². The van der Waals surface area contributed by atoms with Crippen LogP contribution in [0.3, 0.4) is 0 Å². The zero-order valence-electron chi connectivity index (χ0n) is 20.9. The number of nitrogens with one attached hydrogen (secondary N) is 1. The van der Waals surface area contributed by atoms with Gasteiger partial charge in [-0.1, -0.05) is 11.3 Å². The average Bonchev–Trinajstić information content (AvgIpc) is 3.48. The lowest BCUT2D eigenvalue weighted by molar-refractivity contribution is 0.370. The lowest BCUT2D eigenvalue weighted by atomic mass is 10.0. The molecule has 38 heavy (non-hydrogen) atoms. The number of rotatable bonds is 8. The average molecular weight is 538 g/mol. The Morgan fingerprint density at radius 3 is 2.55 bits per heavy atom. The highest BCUT2D eigenvalue weighted by atomic mass is 32.2. The summed E-state index contributed by atoms with van der Waals surface area (Å²) in [4.78, 5) is 6.59. The zero-order chi connectivity index (χ0) is 27.0. The lowest BCUT2D eigenvalue weighted by Crippen LogP contribution is -2.18. The predicted molar refractivity (Wildman–Crippen MR) is 142 cm³/mol. The molecule has 0 fully saturated rings. The Hall–Kier alpha value is -4.16. The van der Waals surface area contributed by atoms with Crippen molar-refractivity contribution in [3.63, 3.8) is 0 Å². The molecule has 0 radical (unpaired) electrons. The van der Waals surface area contributed by atoms with Crippen LogP contribution in [0.4, 0.5) is 14.5 Å². The molecule has 0 aliphatic carbocycles. The number of hydrogen-bond acceptors (Lipinski definition) is 6. The van der Waals surface area contributed by atoms with Crippen LogP contribution >= 0.6 is 0 Å². The summed E-state index contributed by atoms with van der Waals surface area (Å²) < 4.78 is 58.0. The van der Waals surface area contributed by atoms with Gasteiger partial charge >= 0.3 is 0 Å². The van der Waals surface area contributed by atoms with Crippen LogP contribution < -0.4 is 4.72 Å². The smallest absolute Gasteiger partial charge is 0.229 e. The largest absolute Gasteiger partial charge is 0.308 e. The van der Waals surface area contributed by atoms with Gasteiger partial charge in [0.05, 0.1) is 35.7 Å². The molecule has 0 aliphatic heterocycles. The van der Waals surface area contributed by atoms with Crippen molar-refractivity contribution in [3.05, 3.63) is 78.8 Å². The van der Waals surface area contributed by atoms with Crippen molar-refractivity contribution in [3.8, 4) is 28.1 Å². The topological polar surface area (TPSA) is 97.9 Å². The van der Waals surface area contributed by atoms with Crippen molar-refractivity contribution >= 4 is 26.7 Å². The molecule has 0 saturated heterocycles. The van der Waals surface area contributed by atoms with Crippen molar-refractivity contribution in [2.75, 3.05) is 31.6 Å². The SMILES string of the molecule is CN(C)CCn1cc(-c2ccc3c(c2)ncn3-c2cc(NS(C)(=O)=O)cc(-c3ccc(F)cc3F)c2)nn1. The van der Waals surface area contributed by atoms with Crippen LogP contribution in [0.5, 0.6) is 0 Å². The highest BCUT2D eigenvalue weighted by Gasteiger charge is 2.14. The third-order valence-electron chi connectivity index (χ3n) is 5.90. The highest BCUT2D eigenvalue weighted by molar-refractivity contribution is 7.92. The number of sulfonamides is 1. The number of fused-ring (bicyclic) bond motifs is 1. The number of likely N-dealkylation sites (N-methyl/N-ethyl adjacent to an activating group) is 1. The van der Waals surface area contributed by atoms with E-state index < -0.39 is 21.7 Å². The number of aromatic nitrogens is 5. The molecule has 0 amide bonds. The Bertz CT molecular complexity index is 1750. The lowest BCUT2D eigenvalue weighted by Gasteiger charge is -2.13. The summed E-state index contributed by atoms with van der Waals surface area (Å²) in [5.74, 6) is -1.46. The van der Waals surface area contributed by atoms with Gasteiger partial charge in [-0.25, -0.2) is 22.2 Å². The number of benzene rings is 3. The molecular weight excluding hydrogens is 512 g/mol. The van der Waals surface area contributed by atoms with Gasteiger partial charge in [0.2, 0.25) is 10.0 Å². The third kappa shape index (κ3) is 5.55. The van der Waals surface area contributed by atoms with E-state index in [4.69, 9.17) is 0 Å². The molecule has 0 bridgehead atoms. The van der Waals surface area contributed by atoms with Crippen LogP contribution in [0.25, 0.3) is 39.1 Å². The van der Waals surface area contributed by atoms with E-state index in [1.807, 2.05) is 38.5 Å². The first-order chi connectivity index (χ1) is 18.1. The molecular formula is C26H25F2N7O2S. The zero-order valence-corrected chi connectivity index (χ0v) is 21.7. The second-order valence-corrected chi connectivity index (χ2v) is 11.0. The summed E-state index contributed by atoms with van der Waals surface area (Å²) in [6, 6.07) is 13.7. The molecule has 12 heteroatoms. The van der Waals surface area contributed by atoms with Crippen LogP contribution in [0.15, 0.2) is 67.1 Å². The van der Waals surface area contributed by atoms with Crippen LogP contribution in [-0.2, 0) is 16.6 Å². The molecule has 2 heterocycles. The van der Waals surface area contributed by atoms with Gasteiger partial charge in [-0.05, 0) is 62.1 Å². The van der Waals surface area contributed by atoms with Gasteiger partial charge in [0.15, 0.2) is 0 Å². The fourth-order valence-corrected chi connectivity index (χ4v) is 4.67. The number of hydrogen-bond donors (Lipinski definition) is 1. The Kier molecular flexibility index (Phi) is 6.67. The second kappa shape index (κ2) is 9.95. The van der Waals surface area contributed by atoms with Crippen LogP contribution in [0, 0.1) is 11.6 Å². The molecule has 5 aromatic rings. The van der Waals surface area contributed by atoms with E-state index in [2.05, 4.69) is 24.9 Å².